The number of rotatable bonds is 2. The van der Waals surface area contributed by atoms with Crippen LogP contribution in [-0.2, 0) is 23.2 Å². The van der Waals surface area contributed by atoms with Crippen molar-refractivity contribution in [2.75, 3.05) is 0 Å². The summed E-state index contributed by atoms with van der Waals surface area (Å²) < 4.78 is 98.5. The van der Waals surface area contributed by atoms with Gasteiger partial charge in [0.1, 0.15) is 0 Å². The van der Waals surface area contributed by atoms with Gasteiger partial charge in [-0.05, 0) is 19.7 Å². The molecule has 0 spiro atoms. The average Bonchev–Trinajstić information content (AvgIpc) is 1.98. The Hall–Kier alpha value is -0.420. The zero-order valence-corrected chi connectivity index (χ0v) is 10.1. The Bertz CT molecular complexity index is 499. The predicted molar refractivity (Wildman–Crippen MR) is 53.0 cm³/mol. The minimum absolute atomic E-state index is 0.654. The highest BCUT2D eigenvalue weighted by molar-refractivity contribution is 8.10. The van der Waals surface area contributed by atoms with E-state index in [2.05, 4.69) is 3.63 Å². The fourth-order valence-corrected chi connectivity index (χ4v) is 3.39. The van der Waals surface area contributed by atoms with Crippen LogP contribution in [-0.4, -0.2) is 30.2 Å². The minimum Gasteiger partial charge on any atom is -0.231 e. The van der Waals surface area contributed by atoms with Crippen LogP contribution < -0.4 is 0 Å². The molecular formula is C6H8F6O3S2. The van der Waals surface area contributed by atoms with E-state index in [4.69, 9.17) is 0 Å². The van der Waals surface area contributed by atoms with E-state index in [0.29, 0.717) is 13.8 Å². The van der Waals surface area contributed by atoms with Gasteiger partial charge < -0.3 is 0 Å². The maximum atomic E-state index is 12.3. The summed E-state index contributed by atoms with van der Waals surface area (Å²) in [6, 6.07) is 0. The molecule has 2 atom stereocenters. The first-order valence-corrected chi connectivity index (χ1v) is 6.84. The van der Waals surface area contributed by atoms with Crippen LogP contribution in [0, 0.1) is 0 Å². The molecule has 104 valence electrons. The third kappa shape index (κ3) is 3.28. The molecule has 0 radical (unpaired) electrons. The second kappa shape index (κ2) is 4.35. The topological polar surface area (TPSA) is 43.4 Å². The van der Waals surface area contributed by atoms with Crippen molar-refractivity contribution in [3.63, 3.8) is 0 Å². The van der Waals surface area contributed by atoms with E-state index < -0.39 is 35.5 Å². The standard InChI is InChI=1S/C6H8F6O3S2/c1-4(2)17(14,6(10,11)12)15-16(3,13)5(7,8)9/h3H2,1-2H3. The smallest absolute Gasteiger partial charge is 0.231 e. The van der Waals surface area contributed by atoms with Crippen molar-refractivity contribution in [1.82, 2.24) is 0 Å². The van der Waals surface area contributed by atoms with Crippen molar-refractivity contribution in [1.29, 1.82) is 0 Å². The van der Waals surface area contributed by atoms with Crippen LogP contribution in [0.15, 0.2) is 0 Å². The molecule has 0 aliphatic heterocycles. The summed E-state index contributed by atoms with van der Waals surface area (Å²) in [5, 5.41) is 0. The lowest BCUT2D eigenvalue weighted by Gasteiger charge is -2.20. The first-order chi connectivity index (χ1) is 7.15. The normalized spacial score (nSPS) is 20.5. The van der Waals surface area contributed by atoms with Gasteiger partial charge in [0.2, 0.25) is 0 Å². The van der Waals surface area contributed by atoms with E-state index in [1.54, 1.807) is 0 Å². The lowest BCUT2D eigenvalue weighted by molar-refractivity contribution is -0.0517. The summed E-state index contributed by atoms with van der Waals surface area (Å²) in [5.41, 5.74) is -11.2. The van der Waals surface area contributed by atoms with Crippen LogP contribution in [0.5, 0.6) is 0 Å². The largest absolute Gasteiger partial charge is 0.488 e. The van der Waals surface area contributed by atoms with Crippen LogP contribution in [0.1, 0.15) is 13.8 Å². The van der Waals surface area contributed by atoms with Gasteiger partial charge in [0.15, 0.2) is 19.6 Å². The van der Waals surface area contributed by atoms with Gasteiger partial charge in [-0.2, -0.15) is 30.0 Å². The first-order valence-electron chi connectivity index (χ1n) is 3.70. The molecule has 0 heterocycles. The highest BCUT2D eigenvalue weighted by atomic mass is 32.3. The van der Waals surface area contributed by atoms with Crippen molar-refractivity contribution < 1.29 is 38.4 Å². The minimum atomic E-state index is -5.64. The Morgan fingerprint density at radius 3 is 1.53 bits per heavy atom. The van der Waals surface area contributed by atoms with Gasteiger partial charge in [-0.3, -0.25) is 0 Å². The number of hydrogen-bond acceptors (Lipinski definition) is 3. The Balaban J connectivity index is 5.87. The molecule has 0 amide bonds. The SMILES string of the molecule is C=S(=O)(OS(=O)(=C(C)C)C(F)(F)F)C(F)(F)F. The third-order valence-electron chi connectivity index (χ3n) is 1.40. The average molecular weight is 306 g/mol. The number of hydrogen-bond donors (Lipinski definition) is 0. The van der Waals surface area contributed by atoms with Crippen molar-refractivity contribution in [2.45, 2.75) is 24.9 Å². The lowest BCUT2D eigenvalue weighted by atomic mass is 10.6. The van der Waals surface area contributed by atoms with E-state index in [0.717, 1.165) is 0 Å². The molecule has 0 aliphatic carbocycles. The molecule has 0 saturated heterocycles. The molecule has 0 fully saturated rings. The van der Waals surface area contributed by atoms with E-state index in [9.17, 15) is 34.8 Å². The summed E-state index contributed by atoms with van der Waals surface area (Å²) >= 11 is 0. The number of halogens is 6. The second-order valence-corrected chi connectivity index (χ2v) is 7.51. The molecule has 0 aromatic rings. The Labute approximate surface area is 94.2 Å². The van der Waals surface area contributed by atoms with Crippen molar-refractivity contribution in [3.05, 3.63) is 0 Å². The van der Waals surface area contributed by atoms with Gasteiger partial charge >= 0.3 is 11.0 Å². The molecule has 0 aliphatic rings. The van der Waals surface area contributed by atoms with Crippen LogP contribution in [0.4, 0.5) is 26.3 Å². The summed E-state index contributed by atoms with van der Waals surface area (Å²) in [6.45, 7) is 1.31. The van der Waals surface area contributed by atoms with Crippen molar-refractivity contribution in [3.8, 4) is 0 Å². The Morgan fingerprint density at radius 1 is 1.00 bits per heavy atom. The second-order valence-electron chi connectivity index (χ2n) is 2.99. The summed E-state index contributed by atoms with van der Waals surface area (Å²) in [7, 11) is -11.1. The monoisotopic (exact) mass is 306 g/mol. The van der Waals surface area contributed by atoms with Crippen LogP contribution in [0.2, 0.25) is 0 Å². The van der Waals surface area contributed by atoms with Gasteiger partial charge in [-0.25, -0.2) is 8.42 Å². The Kier molecular flexibility index (Phi) is 4.25. The summed E-state index contributed by atoms with van der Waals surface area (Å²) in [4.78, 5) is -0.981. The van der Waals surface area contributed by atoms with E-state index in [-0.39, 0.29) is 0 Å². The fourth-order valence-electron chi connectivity index (χ4n) is 0.531. The van der Waals surface area contributed by atoms with Crippen LogP contribution in [0.25, 0.3) is 0 Å². The third-order valence-corrected chi connectivity index (χ3v) is 5.44. The van der Waals surface area contributed by atoms with E-state index in [1.165, 1.54) is 0 Å². The maximum absolute atomic E-state index is 12.3. The van der Waals surface area contributed by atoms with Gasteiger partial charge in [0.25, 0.3) is 0 Å². The lowest BCUT2D eigenvalue weighted by Crippen LogP contribution is -2.36. The highest BCUT2D eigenvalue weighted by Crippen LogP contribution is 2.33. The molecule has 0 rings (SSSR count). The molecule has 0 aromatic carbocycles. The van der Waals surface area contributed by atoms with Gasteiger partial charge in [0.05, 0.1) is 0 Å². The van der Waals surface area contributed by atoms with Crippen molar-refractivity contribution in [2.24, 2.45) is 0 Å². The zero-order chi connectivity index (χ0) is 14.3. The zero-order valence-electron chi connectivity index (χ0n) is 8.52. The molecule has 0 aromatic heterocycles. The van der Waals surface area contributed by atoms with E-state index in [1.807, 2.05) is 5.87 Å². The van der Waals surface area contributed by atoms with Gasteiger partial charge in [0, 0.05) is 4.86 Å². The molecule has 2 unspecified atom stereocenters. The van der Waals surface area contributed by atoms with Gasteiger partial charge in [-0.1, -0.05) is 0 Å². The quantitative estimate of drug-likeness (QED) is 0.579. The summed E-state index contributed by atoms with van der Waals surface area (Å²) in [5.74, 6) is 2.01. The van der Waals surface area contributed by atoms with Crippen molar-refractivity contribution >= 4 is 30.3 Å². The molecular weight excluding hydrogens is 298 g/mol. The molecule has 0 bridgehead atoms. The molecule has 17 heavy (non-hydrogen) atoms. The first kappa shape index (κ1) is 16.6. The predicted octanol–water partition coefficient (Wildman–Crippen LogP) is 2.09. The molecule has 0 saturated carbocycles. The molecule has 11 heteroatoms. The maximum Gasteiger partial charge on any atom is 0.488 e. The Morgan fingerprint density at radius 2 is 1.35 bits per heavy atom. The summed E-state index contributed by atoms with van der Waals surface area (Å²) in [6.07, 6.45) is 0. The molecule has 0 N–H and O–H groups in total. The van der Waals surface area contributed by atoms with Gasteiger partial charge in [-0.15, -0.1) is 0 Å². The van der Waals surface area contributed by atoms with Crippen LogP contribution >= 0.6 is 0 Å². The number of alkyl halides is 6. The van der Waals surface area contributed by atoms with E-state index >= 15 is 0 Å². The fraction of sp³-hybridized carbons (Fsp3) is 0.667. The van der Waals surface area contributed by atoms with Crippen LogP contribution in [0.3, 0.4) is 0 Å². The molecule has 3 nitrogen and oxygen atoms in total. The highest BCUT2D eigenvalue weighted by Gasteiger charge is 2.51.